The van der Waals surface area contributed by atoms with E-state index in [1.807, 2.05) is 40.7 Å². The monoisotopic (exact) mass is 234 g/mol. The van der Waals surface area contributed by atoms with Crippen molar-refractivity contribution in [3.63, 3.8) is 0 Å². The molecule has 0 aliphatic heterocycles. The van der Waals surface area contributed by atoms with Crippen LogP contribution in [0.3, 0.4) is 0 Å². The van der Waals surface area contributed by atoms with Crippen LogP contribution in [0.1, 0.15) is 5.69 Å². The maximum Gasteiger partial charge on any atom is 0.0950 e. The Morgan fingerprint density at radius 3 is 2.75 bits per heavy atom. The van der Waals surface area contributed by atoms with E-state index in [0.29, 0.717) is 0 Å². The molecule has 16 heavy (non-hydrogen) atoms. The average molecular weight is 234 g/mol. The number of aliphatic hydroxyl groups is 1. The molecule has 3 nitrogen and oxygen atoms in total. The van der Waals surface area contributed by atoms with Gasteiger partial charge in [0.2, 0.25) is 0 Å². The number of aromatic nitrogens is 2. The lowest BCUT2D eigenvalue weighted by molar-refractivity contribution is 0.277. The normalized spacial score (nSPS) is 10.6. The van der Waals surface area contributed by atoms with E-state index in [1.165, 1.54) is 4.90 Å². The Hall–Kier alpha value is -1.26. The van der Waals surface area contributed by atoms with Crippen LogP contribution in [0.5, 0.6) is 0 Å². The van der Waals surface area contributed by atoms with Gasteiger partial charge in [0, 0.05) is 23.4 Å². The molecule has 0 atom stereocenters. The van der Waals surface area contributed by atoms with Crippen LogP contribution in [-0.4, -0.2) is 20.4 Å². The van der Waals surface area contributed by atoms with Crippen LogP contribution in [0.15, 0.2) is 47.8 Å². The van der Waals surface area contributed by atoms with Crippen molar-refractivity contribution >= 4 is 11.8 Å². The van der Waals surface area contributed by atoms with Crippen molar-refractivity contribution in [2.45, 2.75) is 18.0 Å². The first-order chi connectivity index (χ1) is 7.88. The number of imidazole rings is 1. The van der Waals surface area contributed by atoms with Gasteiger partial charge in [0.25, 0.3) is 0 Å². The van der Waals surface area contributed by atoms with Crippen LogP contribution in [0, 0.1) is 0 Å². The summed E-state index contributed by atoms with van der Waals surface area (Å²) in [6.45, 7) is 0.922. The van der Waals surface area contributed by atoms with E-state index in [9.17, 15) is 0 Å². The molecule has 84 valence electrons. The van der Waals surface area contributed by atoms with Gasteiger partial charge in [0.1, 0.15) is 0 Å². The van der Waals surface area contributed by atoms with Crippen molar-refractivity contribution in [3.8, 4) is 0 Å². The molecule has 0 aliphatic rings. The van der Waals surface area contributed by atoms with E-state index in [-0.39, 0.29) is 6.61 Å². The molecular weight excluding hydrogens is 220 g/mol. The van der Waals surface area contributed by atoms with Crippen molar-refractivity contribution in [2.24, 2.45) is 0 Å². The smallest absolute Gasteiger partial charge is 0.0950 e. The molecule has 2 rings (SSSR count). The summed E-state index contributed by atoms with van der Waals surface area (Å²) in [4.78, 5) is 5.35. The zero-order chi connectivity index (χ0) is 11.2. The number of benzene rings is 1. The second-order valence-corrected chi connectivity index (χ2v) is 4.59. The fourth-order valence-corrected chi connectivity index (χ4v) is 2.28. The Morgan fingerprint density at radius 2 is 2.06 bits per heavy atom. The molecule has 0 bridgehead atoms. The lowest BCUT2D eigenvalue weighted by atomic mass is 10.4. The molecule has 0 saturated carbocycles. The van der Waals surface area contributed by atoms with Crippen molar-refractivity contribution in [1.29, 1.82) is 0 Å². The number of rotatable bonds is 5. The Balaban J connectivity index is 1.80. The van der Waals surface area contributed by atoms with Gasteiger partial charge in [-0.25, -0.2) is 4.98 Å². The Morgan fingerprint density at radius 1 is 1.25 bits per heavy atom. The third-order valence-electron chi connectivity index (χ3n) is 2.21. The predicted molar refractivity (Wildman–Crippen MR) is 65.3 cm³/mol. The second-order valence-electron chi connectivity index (χ2n) is 3.42. The largest absolute Gasteiger partial charge is 0.390 e. The highest BCUT2D eigenvalue weighted by Gasteiger charge is 1.97. The standard InChI is InChI=1S/C12H14N2OS/c15-9-11-8-14(10-13-11)6-7-16-12-4-2-1-3-5-12/h1-5,8,10,15H,6-7,9H2. The van der Waals surface area contributed by atoms with Gasteiger partial charge in [-0.05, 0) is 12.1 Å². The Kier molecular flexibility index (Phi) is 4.02. The van der Waals surface area contributed by atoms with Crippen LogP contribution in [0.25, 0.3) is 0 Å². The van der Waals surface area contributed by atoms with Gasteiger partial charge >= 0.3 is 0 Å². The first kappa shape index (κ1) is 11.2. The Bertz CT molecular complexity index is 428. The molecule has 0 aliphatic carbocycles. The number of thioether (sulfide) groups is 1. The SMILES string of the molecule is OCc1cn(CCSc2ccccc2)cn1. The predicted octanol–water partition coefficient (Wildman–Crippen LogP) is 2.17. The number of aliphatic hydroxyl groups excluding tert-OH is 1. The minimum atomic E-state index is 0.0127. The molecular formula is C12H14N2OS. The lowest BCUT2D eigenvalue weighted by Crippen LogP contribution is -1.96. The van der Waals surface area contributed by atoms with Crippen molar-refractivity contribution < 1.29 is 5.11 Å². The van der Waals surface area contributed by atoms with E-state index in [1.54, 1.807) is 6.33 Å². The fourth-order valence-electron chi connectivity index (χ4n) is 1.40. The summed E-state index contributed by atoms with van der Waals surface area (Å²) < 4.78 is 2.00. The van der Waals surface area contributed by atoms with E-state index in [2.05, 4.69) is 17.1 Å². The number of hydrogen-bond acceptors (Lipinski definition) is 3. The summed E-state index contributed by atoms with van der Waals surface area (Å²) in [7, 11) is 0. The third-order valence-corrected chi connectivity index (χ3v) is 3.20. The van der Waals surface area contributed by atoms with Gasteiger partial charge in [-0.1, -0.05) is 18.2 Å². The van der Waals surface area contributed by atoms with Crippen LogP contribution in [0.2, 0.25) is 0 Å². The van der Waals surface area contributed by atoms with Crippen LogP contribution in [0.4, 0.5) is 0 Å². The van der Waals surface area contributed by atoms with Gasteiger partial charge in [0.05, 0.1) is 18.6 Å². The zero-order valence-electron chi connectivity index (χ0n) is 8.91. The van der Waals surface area contributed by atoms with E-state index in [4.69, 9.17) is 5.11 Å². The summed E-state index contributed by atoms with van der Waals surface area (Å²) in [5, 5.41) is 8.87. The highest BCUT2D eigenvalue weighted by atomic mass is 32.2. The molecule has 0 radical (unpaired) electrons. The highest BCUT2D eigenvalue weighted by Crippen LogP contribution is 2.16. The molecule has 0 unspecified atom stereocenters. The number of nitrogens with zero attached hydrogens (tertiary/aromatic N) is 2. The molecule has 0 spiro atoms. The first-order valence-electron chi connectivity index (χ1n) is 5.18. The maximum absolute atomic E-state index is 8.87. The minimum Gasteiger partial charge on any atom is -0.390 e. The second kappa shape index (κ2) is 5.72. The first-order valence-corrected chi connectivity index (χ1v) is 6.16. The zero-order valence-corrected chi connectivity index (χ0v) is 9.73. The molecule has 0 saturated heterocycles. The lowest BCUT2D eigenvalue weighted by Gasteiger charge is -2.02. The molecule has 1 N–H and O–H groups in total. The molecule has 0 amide bonds. The summed E-state index contributed by atoms with van der Waals surface area (Å²) in [5.74, 6) is 1.01. The van der Waals surface area contributed by atoms with E-state index >= 15 is 0 Å². The average Bonchev–Trinajstić information content (AvgIpc) is 2.78. The number of hydrogen-bond donors (Lipinski definition) is 1. The van der Waals surface area contributed by atoms with Gasteiger partial charge < -0.3 is 9.67 Å². The number of aryl methyl sites for hydroxylation is 1. The van der Waals surface area contributed by atoms with Crippen molar-refractivity contribution in [2.75, 3.05) is 5.75 Å². The minimum absolute atomic E-state index is 0.0127. The molecule has 1 aromatic carbocycles. The summed E-state index contributed by atoms with van der Waals surface area (Å²) in [5.41, 5.74) is 0.727. The van der Waals surface area contributed by atoms with Crippen molar-refractivity contribution in [3.05, 3.63) is 48.5 Å². The Labute approximate surface area is 99.1 Å². The molecule has 1 heterocycles. The van der Waals surface area contributed by atoms with E-state index < -0.39 is 0 Å². The van der Waals surface area contributed by atoms with Gasteiger partial charge in [0.15, 0.2) is 0 Å². The summed E-state index contributed by atoms with van der Waals surface area (Å²) >= 11 is 1.82. The molecule has 4 heteroatoms. The molecule has 1 aromatic heterocycles. The van der Waals surface area contributed by atoms with Gasteiger partial charge in [-0.3, -0.25) is 0 Å². The van der Waals surface area contributed by atoms with Crippen molar-refractivity contribution in [1.82, 2.24) is 9.55 Å². The maximum atomic E-state index is 8.87. The third kappa shape index (κ3) is 3.12. The van der Waals surface area contributed by atoms with E-state index in [0.717, 1.165) is 18.0 Å². The fraction of sp³-hybridized carbons (Fsp3) is 0.250. The molecule has 2 aromatic rings. The summed E-state index contributed by atoms with van der Waals surface area (Å²) in [6.07, 6.45) is 3.64. The van der Waals surface area contributed by atoms with Gasteiger partial charge in [-0.15, -0.1) is 11.8 Å². The van der Waals surface area contributed by atoms with Gasteiger partial charge in [-0.2, -0.15) is 0 Å². The topological polar surface area (TPSA) is 38.0 Å². The van der Waals surface area contributed by atoms with Crippen LogP contribution in [-0.2, 0) is 13.2 Å². The summed E-state index contributed by atoms with van der Waals surface area (Å²) in [6, 6.07) is 10.3. The molecule has 0 fully saturated rings. The van der Waals surface area contributed by atoms with Crippen LogP contribution >= 0.6 is 11.8 Å². The quantitative estimate of drug-likeness (QED) is 0.806. The highest BCUT2D eigenvalue weighted by molar-refractivity contribution is 7.99. The van der Waals surface area contributed by atoms with Crippen LogP contribution < -0.4 is 0 Å².